The molecule has 0 aliphatic carbocycles. The minimum Gasteiger partial charge on any atom is -0.384 e. The van der Waals surface area contributed by atoms with E-state index >= 15 is 0 Å². The van der Waals surface area contributed by atoms with Crippen LogP contribution < -0.4 is 0 Å². The van der Waals surface area contributed by atoms with E-state index in [0.29, 0.717) is 0 Å². The molecule has 3 aromatic carbocycles. The fraction of sp³-hybridized carbons (Fsp3) is 0.100. The van der Waals surface area contributed by atoms with Gasteiger partial charge >= 0.3 is 0 Å². The van der Waals surface area contributed by atoms with E-state index in [1.807, 2.05) is 84.9 Å². The monoisotopic (exact) mass is 290 g/mol. The van der Waals surface area contributed by atoms with Crippen LogP contribution in [0.1, 0.15) is 34.5 Å². The highest BCUT2D eigenvalue weighted by Gasteiger charge is 2.19. The summed E-state index contributed by atoms with van der Waals surface area (Å²) >= 11 is 0. The van der Waals surface area contributed by atoms with Gasteiger partial charge in [0.15, 0.2) is 0 Å². The largest absolute Gasteiger partial charge is 0.384 e. The minimum absolute atomic E-state index is 0.727. The van der Waals surface area contributed by atoms with Crippen molar-refractivity contribution in [2.24, 2.45) is 0 Å². The molecule has 2 nitrogen and oxygen atoms in total. The lowest BCUT2D eigenvalue weighted by molar-refractivity contribution is 0.197. The van der Waals surface area contributed by atoms with E-state index in [0.717, 1.165) is 22.3 Å². The van der Waals surface area contributed by atoms with Crippen LogP contribution in [0.4, 0.5) is 0 Å². The highest BCUT2D eigenvalue weighted by atomic mass is 16.3. The van der Waals surface area contributed by atoms with Gasteiger partial charge in [-0.15, -0.1) is 0 Å². The van der Waals surface area contributed by atoms with E-state index in [-0.39, 0.29) is 0 Å². The summed E-state index contributed by atoms with van der Waals surface area (Å²) in [5, 5.41) is 21.3. The van der Waals surface area contributed by atoms with Gasteiger partial charge in [0.25, 0.3) is 0 Å². The van der Waals surface area contributed by atoms with E-state index in [2.05, 4.69) is 0 Å². The van der Waals surface area contributed by atoms with E-state index in [1.54, 1.807) is 0 Å². The summed E-state index contributed by atoms with van der Waals surface area (Å²) in [6, 6.07) is 26.4. The molecule has 3 rings (SSSR count). The van der Waals surface area contributed by atoms with Gasteiger partial charge in [-0.1, -0.05) is 84.9 Å². The minimum atomic E-state index is -0.754. The summed E-state index contributed by atoms with van der Waals surface area (Å²) < 4.78 is 0. The van der Waals surface area contributed by atoms with Crippen molar-refractivity contribution in [1.82, 2.24) is 0 Å². The number of benzene rings is 3. The lowest BCUT2D eigenvalue weighted by atomic mass is 9.91. The zero-order chi connectivity index (χ0) is 15.4. The molecule has 0 spiro atoms. The molecular formula is C20H18O2. The maximum atomic E-state index is 10.7. The molecule has 2 atom stereocenters. The Labute approximate surface area is 130 Å². The average molecular weight is 290 g/mol. The van der Waals surface area contributed by atoms with Crippen molar-refractivity contribution in [3.05, 3.63) is 107 Å². The van der Waals surface area contributed by atoms with E-state index < -0.39 is 12.2 Å². The normalized spacial score (nSPS) is 13.5. The second kappa shape index (κ2) is 6.56. The maximum absolute atomic E-state index is 10.7. The molecule has 22 heavy (non-hydrogen) atoms. The lowest BCUT2D eigenvalue weighted by Gasteiger charge is -2.20. The van der Waals surface area contributed by atoms with Gasteiger partial charge < -0.3 is 10.2 Å². The van der Waals surface area contributed by atoms with E-state index in [1.165, 1.54) is 0 Å². The zero-order valence-electron chi connectivity index (χ0n) is 12.1. The number of rotatable bonds is 4. The van der Waals surface area contributed by atoms with Crippen LogP contribution in [0.15, 0.2) is 84.9 Å². The molecule has 3 aromatic rings. The third-order valence-electron chi connectivity index (χ3n) is 3.82. The molecular weight excluding hydrogens is 272 g/mol. The van der Waals surface area contributed by atoms with Crippen LogP contribution in [0.5, 0.6) is 0 Å². The summed E-state index contributed by atoms with van der Waals surface area (Å²) in [7, 11) is 0. The van der Waals surface area contributed by atoms with Crippen LogP contribution in [-0.2, 0) is 0 Å². The Morgan fingerprint density at radius 1 is 0.455 bits per heavy atom. The molecule has 0 heterocycles. The SMILES string of the molecule is OC(c1ccccc1)c1ccccc1C(O)c1ccccc1. The van der Waals surface area contributed by atoms with Crippen molar-refractivity contribution in [2.75, 3.05) is 0 Å². The Balaban J connectivity index is 2.00. The average Bonchev–Trinajstić information content (AvgIpc) is 2.62. The van der Waals surface area contributed by atoms with Gasteiger partial charge in [0.1, 0.15) is 12.2 Å². The topological polar surface area (TPSA) is 40.5 Å². The molecule has 0 aliphatic heterocycles. The first-order valence-corrected chi connectivity index (χ1v) is 7.32. The smallest absolute Gasteiger partial charge is 0.104 e. The summed E-state index contributed by atoms with van der Waals surface area (Å²) in [4.78, 5) is 0. The molecule has 0 saturated heterocycles. The Bertz CT molecular complexity index is 658. The highest BCUT2D eigenvalue weighted by molar-refractivity contribution is 5.40. The van der Waals surface area contributed by atoms with Gasteiger partial charge in [0.05, 0.1) is 0 Å². The number of aliphatic hydroxyl groups excluding tert-OH is 2. The van der Waals surface area contributed by atoms with Crippen molar-refractivity contribution in [3.63, 3.8) is 0 Å². The third-order valence-corrected chi connectivity index (χ3v) is 3.82. The summed E-state index contributed by atoms with van der Waals surface area (Å²) in [5.74, 6) is 0. The molecule has 0 saturated carbocycles. The second-order valence-electron chi connectivity index (χ2n) is 5.26. The molecule has 0 fully saturated rings. The van der Waals surface area contributed by atoms with Crippen LogP contribution in [0.25, 0.3) is 0 Å². The molecule has 0 radical (unpaired) electrons. The molecule has 2 heteroatoms. The molecule has 2 unspecified atom stereocenters. The molecule has 0 aromatic heterocycles. The van der Waals surface area contributed by atoms with Gasteiger partial charge in [-0.25, -0.2) is 0 Å². The Kier molecular flexibility index (Phi) is 4.33. The molecule has 0 aliphatic rings. The van der Waals surface area contributed by atoms with Gasteiger partial charge in [0.2, 0.25) is 0 Å². The van der Waals surface area contributed by atoms with Gasteiger partial charge in [-0.3, -0.25) is 0 Å². The molecule has 0 bridgehead atoms. The number of hydrogen-bond acceptors (Lipinski definition) is 2. The Morgan fingerprint density at radius 2 is 0.773 bits per heavy atom. The van der Waals surface area contributed by atoms with Crippen molar-refractivity contribution < 1.29 is 10.2 Å². The highest BCUT2D eigenvalue weighted by Crippen LogP contribution is 2.31. The quantitative estimate of drug-likeness (QED) is 0.766. The molecule has 2 N–H and O–H groups in total. The summed E-state index contributed by atoms with van der Waals surface area (Å²) in [6.45, 7) is 0. The van der Waals surface area contributed by atoms with Crippen LogP contribution >= 0.6 is 0 Å². The predicted octanol–water partition coefficient (Wildman–Crippen LogP) is 3.85. The van der Waals surface area contributed by atoms with Gasteiger partial charge in [0, 0.05) is 0 Å². The Morgan fingerprint density at radius 3 is 1.14 bits per heavy atom. The van der Waals surface area contributed by atoms with Crippen molar-refractivity contribution in [2.45, 2.75) is 12.2 Å². The maximum Gasteiger partial charge on any atom is 0.104 e. The standard InChI is InChI=1S/C20H18O2/c21-19(15-9-3-1-4-10-15)17-13-7-8-14-18(17)20(22)16-11-5-2-6-12-16/h1-14,19-22H. The predicted molar refractivity (Wildman–Crippen MR) is 87.4 cm³/mol. The van der Waals surface area contributed by atoms with Crippen LogP contribution in [0.3, 0.4) is 0 Å². The fourth-order valence-electron chi connectivity index (χ4n) is 2.64. The van der Waals surface area contributed by atoms with E-state index in [9.17, 15) is 10.2 Å². The zero-order valence-corrected chi connectivity index (χ0v) is 12.1. The fourth-order valence-corrected chi connectivity index (χ4v) is 2.64. The van der Waals surface area contributed by atoms with Gasteiger partial charge in [-0.05, 0) is 22.3 Å². The first-order chi connectivity index (χ1) is 10.8. The van der Waals surface area contributed by atoms with Crippen molar-refractivity contribution in [1.29, 1.82) is 0 Å². The van der Waals surface area contributed by atoms with Crippen LogP contribution in [0, 0.1) is 0 Å². The van der Waals surface area contributed by atoms with Gasteiger partial charge in [-0.2, -0.15) is 0 Å². The second-order valence-corrected chi connectivity index (χ2v) is 5.26. The molecule has 110 valence electrons. The van der Waals surface area contributed by atoms with Crippen LogP contribution in [0.2, 0.25) is 0 Å². The van der Waals surface area contributed by atoms with Crippen LogP contribution in [-0.4, -0.2) is 10.2 Å². The van der Waals surface area contributed by atoms with E-state index in [4.69, 9.17) is 0 Å². The first-order valence-electron chi connectivity index (χ1n) is 7.32. The number of hydrogen-bond donors (Lipinski definition) is 2. The van der Waals surface area contributed by atoms with Crippen molar-refractivity contribution >= 4 is 0 Å². The molecule has 0 amide bonds. The summed E-state index contributed by atoms with van der Waals surface area (Å²) in [5.41, 5.74) is 3.08. The number of aliphatic hydroxyl groups is 2. The first kappa shape index (κ1) is 14.5. The van der Waals surface area contributed by atoms with Crippen molar-refractivity contribution in [3.8, 4) is 0 Å². The lowest BCUT2D eigenvalue weighted by Crippen LogP contribution is -2.08. The third kappa shape index (κ3) is 2.93. The summed E-state index contributed by atoms with van der Waals surface area (Å²) in [6.07, 6.45) is -1.51. The Hall–Kier alpha value is -2.42.